The zero-order valence-corrected chi connectivity index (χ0v) is 16.0. The van der Waals surface area contributed by atoms with Gasteiger partial charge in [0, 0.05) is 19.3 Å². The summed E-state index contributed by atoms with van der Waals surface area (Å²) in [7, 11) is 0. The van der Waals surface area contributed by atoms with Gasteiger partial charge in [0.15, 0.2) is 0 Å². The number of nitrogens with zero attached hydrogens (tertiary/aromatic N) is 1. The van der Waals surface area contributed by atoms with Crippen molar-refractivity contribution in [3.63, 3.8) is 0 Å². The van der Waals surface area contributed by atoms with Crippen LogP contribution in [0.5, 0.6) is 0 Å². The van der Waals surface area contributed by atoms with Gasteiger partial charge in [-0.15, -0.1) is 0 Å². The molecule has 0 aliphatic carbocycles. The predicted molar refractivity (Wildman–Crippen MR) is 108 cm³/mol. The summed E-state index contributed by atoms with van der Waals surface area (Å²) in [4.78, 5) is 31.7. The number of rotatable bonds is 4. The Morgan fingerprint density at radius 2 is 1.89 bits per heavy atom. The van der Waals surface area contributed by atoms with E-state index in [-0.39, 0.29) is 17.1 Å². The number of aromatic amines is 1. The molecule has 7 heteroatoms. The average molecular weight is 392 g/mol. The number of aromatic nitrogens is 2. The molecule has 3 N–H and O–H groups in total. The quantitative estimate of drug-likeness (QED) is 0.596. The first-order valence-electron chi connectivity index (χ1n) is 9.41. The van der Waals surface area contributed by atoms with E-state index in [0.717, 1.165) is 28.0 Å². The minimum Gasteiger partial charge on any atom is -0.343 e. The van der Waals surface area contributed by atoms with Crippen LogP contribution in [0.2, 0.25) is 0 Å². The summed E-state index contributed by atoms with van der Waals surface area (Å²) < 4.78 is 2.80. The van der Waals surface area contributed by atoms with Gasteiger partial charge in [0.05, 0.1) is 16.3 Å². The molecular weight excluding hydrogens is 372 g/mol. The average Bonchev–Trinajstić information content (AvgIpc) is 3.41. The van der Waals surface area contributed by atoms with Crippen molar-refractivity contribution < 1.29 is 9.59 Å². The summed E-state index contributed by atoms with van der Waals surface area (Å²) in [5.41, 5.74) is 3.64. The van der Waals surface area contributed by atoms with Gasteiger partial charge >= 0.3 is 0 Å². The molecule has 1 aromatic heterocycles. The standard InChI is InChI=1S/C21H20N4O2S/c26-18-9-10-21(24-18,20-22-15-3-1-2-4-16(15)23-20)12-13-5-7-14(8-6-13)17-11-19(27)25-28-17/h1-8,17H,9-12H2,(H,22,23)(H,24,26)(H,25,27). The third-order valence-corrected chi connectivity index (χ3v) is 6.61. The highest BCUT2D eigenvalue weighted by Gasteiger charge is 2.42. The number of nitrogens with one attached hydrogen (secondary N) is 3. The van der Waals surface area contributed by atoms with Crippen LogP contribution in [0.4, 0.5) is 0 Å². The molecule has 2 unspecified atom stereocenters. The normalized spacial score (nSPS) is 24.5. The molecule has 2 saturated heterocycles. The third-order valence-electron chi connectivity index (χ3n) is 5.54. The first-order chi connectivity index (χ1) is 13.6. The van der Waals surface area contributed by atoms with Gasteiger partial charge < -0.3 is 10.3 Å². The Bertz CT molecular complexity index is 1030. The van der Waals surface area contributed by atoms with Crippen LogP contribution >= 0.6 is 11.9 Å². The number of benzene rings is 2. The van der Waals surface area contributed by atoms with Crippen LogP contribution < -0.4 is 10.0 Å². The van der Waals surface area contributed by atoms with E-state index < -0.39 is 5.54 Å². The van der Waals surface area contributed by atoms with Crippen LogP contribution in [0.25, 0.3) is 11.0 Å². The van der Waals surface area contributed by atoms with E-state index in [1.807, 2.05) is 24.3 Å². The van der Waals surface area contributed by atoms with Crippen molar-refractivity contribution in [2.75, 3.05) is 0 Å². The largest absolute Gasteiger partial charge is 0.343 e. The molecule has 0 radical (unpaired) electrons. The lowest BCUT2D eigenvalue weighted by Crippen LogP contribution is -2.41. The Morgan fingerprint density at radius 3 is 2.57 bits per heavy atom. The first-order valence-corrected chi connectivity index (χ1v) is 10.3. The number of hydrogen-bond acceptors (Lipinski definition) is 4. The van der Waals surface area contributed by atoms with Crippen molar-refractivity contribution in [2.45, 2.75) is 36.5 Å². The van der Waals surface area contributed by atoms with E-state index in [4.69, 9.17) is 4.98 Å². The zero-order chi connectivity index (χ0) is 19.1. The van der Waals surface area contributed by atoms with Crippen LogP contribution in [0.1, 0.15) is 41.5 Å². The maximum atomic E-state index is 12.1. The molecule has 2 atom stereocenters. The minimum absolute atomic E-state index is 0.0593. The minimum atomic E-state index is -0.517. The van der Waals surface area contributed by atoms with Gasteiger partial charge in [0.1, 0.15) is 11.4 Å². The van der Waals surface area contributed by atoms with Gasteiger partial charge in [0.2, 0.25) is 11.8 Å². The highest BCUT2D eigenvalue weighted by atomic mass is 32.2. The fourth-order valence-electron chi connectivity index (χ4n) is 4.07. The van der Waals surface area contributed by atoms with Crippen LogP contribution in [-0.4, -0.2) is 21.8 Å². The fourth-order valence-corrected chi connectivity index (χ4v) is 4.95. The Balaban J connectivity index is 1.44. The summed E-state index contributed by atoms with van der Waals surface area (Å²) in [5.74, 6) is 0.949. The Morgan fingerprint density at radius 1 is 1.07 bits per heavy atom. The summed E-state index contributed by atoms with van der Waals surface area (Å²) in [6.07, 6.45) is 2.41. The number of para-hydroxylation sites is 2. The van der Waals surface area contributed by atoms with Gasteiger partial charge in [-0.3, -0.25) is 14.3 Å². The lowest BCUT2D eigenvalue weighted by Gasteiger charge is -2.27. The number of hydrogen-bond donors (Lipinski definition) is 3. The molecule has 0 bridgehead atoms. The van der Waals surface area contributed by atoms with E-state index in [9.17, 15) is 9.59 Å². The SMILES string of the molecule is O=C1CC(c2ccc(CC3(c4nc5ccccc5[nH]4)CCC(=O)N3)cc2)SN1. The van der Waals surface area contributed by atoms with Gasteiger partial charge in [-0.05, 0) is 41.6 Å². The van der Waals surface area contributed by atoms with E-state index in [0.29, 0.717) is 25.7 Å². The van der Waals surface area contributed by atoms with Gasteiger partial charge in [-0.2, -0.15) is 0 Å². The van der Waals surface area contributed by atoms with Crippen molar-refractivity contribution >= 4 is 34.8 Å². The van der Waals surface area contributed by atoms with Crippen molar-refractivity contribution in [2.24, 2.45) is 0 Å². The molecule has 2 amide bonds. The van der Waals surface area contributed by atoms with E-state index in [2.05, 4.69) is 39.3 Å². The second kappa shape index (κ2) is 6.67. The Labute approximate surface area is 166 Å². The number of carbonyl (C=O) groups is 2. The third kappa shape index (κ3) is 3.05. The van der Waals surface area contributed by atoms with Crippen molar-refractivity contribution in [3.8, 4) is 0 Å². The van der Waals surface area contributed by atoms with Crippen LogP contribution in [0.15, 0.2) is 48.5 Å². The Hall–Kier alpha value is -2.80. The first kappa shape index (κ1) is 17.3. The van der Waals surface area contributed by atoms with E-state index in [1.165, 1.54) is 11.9 Å². The lowest BCUT2D eigenvalue weighted by molar-refractivity contribution is -0.120. The second-order valence-corrected chi connectivity index (χ2v) is 8.50. The van der Waals surface area contributed by atoms with Crippen molar-refractivity contribution in [1.82, 2.24) is 20.0 Å². The molecule has 2 aliphatic rings. The zero-order valence-electron chi connectivity index (χ0n) is 15.2. The maximum Gasteiger partial charge on any atom is 0.231 e. The van der Waals surface area contributed by atoms with Crippen LogP contribution in [-0.2, 0) is 21.5 Å². The number of H-pyrrole nitrogens is 1. The molecule has 5 rings (SSSR count). The molecule has 3 aromatic rings. The molecule has 6 nitrogen and oxygen atoms in total. The molecule has 0 saturated carbocycles. The topological polar surface area (TPSA) is 86.9 Å². The molecule has 28 heavy (non-hydrogen) atoms. The van der Waals surface area contributed by atoms with E-state index in [1.54, 1.807) is 0 Å². The molecule has 2 aliphatic heterocycles. The highest BCUT2D eigenvalue weighted by Crippen LogP contribution is 2.37. The summed E-state index contributed by atoms with van der Waals surface area (Å²) in [6, 6.07) is 16.3. The molecule has 3 heterocycles. The summed E-state index contributed by atoms with van der Waals surface area (Å²) in [6.45, 7) is 0. The number of carbonyl (C=O) groups excluding carboxylic acids is 2. The monoisotopic (exact) mass is 392 g/mol. The van der Waals surface area contributed by atoms with E-state index >= 15 is 0 Å². The summed E-state index contributed by atoms with van der Waals surface area (Å²) in [5, 5.41) is 3.34. The fraction of sp³-hybridized carbons (Fsp3) is 0.286. The predicted octanol–water partition coefficient (Wildman–Crippen LogP) is 3.12. The summed E-state index contributed by atoms with van der Waals surface area (Å²) >= 11 is 1.47. The van der Waals surface area contributed by atoms with Gasteiger partial charge in [0.25, 0.3) is 0 Å². The Kier molecular flexibility index (Phi) is 4.12. The number of amides is 2. The van der Waals surface area contributed by atoms with Crippen LogP contribution in [0.3, 0.4) is 0 Å². The molecule has 142 valence electrons. The molecule has 2 fully saturated rings. The molecule has 2 aromatic carbocycles. The lowest BCUT2D eigenvalue weighted by atomic mass is 9.88. The second-order valence-electron chi connectivity index (χ2n) is 7.49. The smallest absolute Gasteiger partial charge is 0.231 e. The number of imidazole rings is 1. The van der Waals surface area contributed by atoms with Crippen LogP contribution in [0, 0.1) is 0 Å². The number of fused-ring (bicyclic) bond motifs is 1. The molecule has 0 spiro atoms. The van der Waals surface area contributed by atoms with Crippen molar-refractivity contribution in [1.29, 1.82) is 0 Å². The van der Waals surface area contributed by atoms with Gasteiger partial charge in [-0.25, -0.2) is 4.98 Å². The molecular formula is C21H20N4O2S. The highest BCUT2D eigenvalue weighted by molar-refractivity contribution is 7.98. The van der Waals surface area contributed by atoms with Crippen molar-refractivity contribution in [3.05, 3.63) is 65.5 Å². The van der Waals surface area contributed by atoms with Gasteiger partial charge in [-0.1, -0.05) is 36.4 Å². The maximum absolute atomic E-state index is 12.1.